The van der Waals surface area contributed by atoms with Crippen molar-refractivity contribution >= 4 is 39.6 Å². The van der Waals surface area contributed by atoms with Gasteiger partial charge in [0.25, 0.3) is 0 Å². The SMILES string of the molecule is C[CH2][AlH2].O=C([O-])CO.[Al+3].[Cl-].[Cl-]. The number of aliphatic hydroxyl groups excluding tert-OH is 1. The zero-order valence-corrected chi connectivity index (χ0v) is 11.2. The summed E-state index contributed by atoms with van der Waals surface area (Å²) in [6.45, 7) is 1.30. The number of hydrogen-bond donors (Lipinski definition) is 1. The van der Waals surface area contributed by atoms with Crippen molar-refractivity contribution in [1.29, 1.82) is 0 Å². The van der Waals surface area contributed by atoms with E-state index < -0.39 is 12.6 Å². The number of carboxylic acid groups (broad SMARTS) is 1. The second kappa shape index (κ2) is 30.5. The van der Waals surface area contributed by atoms with Crippen molar-refractivity contribution in [2.75, 3.05) is 6.61 Å². The minimum atomic E-state index is -1.44. The predicted octanol–water partition coefficient (Wildman–Crippen LogP) is -8.59. The molecule has 0 aliphatic heterocycles. The van der Waals surface area contributed by atoms with E-state index in [2.05, 4.69) is 6.92 Å². The average molecular weight is 231 g/mol. The van der Waals surface area contributed by atoms with Gasteiger partial charge in [0.2, 0.25) is 16.3 Å². The van der Waals surface area contributed by atoms with Crippen molar-refractivity contribution < 1.29 is 39.8 Å². The molecule has 0 fully saturated rings. The van der Waals surface area contributed by atoms with Gasteiger partial charge in [0.15, 0.2) is 0 Å². The molecule has 0 radical (unpaired) electrons. The Balaban J connectivity index is -0.0000000183. The zero-order chi connectivity index (χ0) is 6.99. The molecule has 11 heavy (non-hydrogen) atoms. The number of rotatable bonds is 1. The predicted molar refractivity (Wildman–Crippen MR) is 36.9 cm³/mol. The molecule has 0 aromatic heterocycles. The molecule has 0 aromatic carbocycles. The van der Waals surface area contributed by atoms with Crippen LogP contribution in [0.1, 0.15) is 6.92 Å². The summed E-state index contributed by atoms with van der Waals surface area (Å²) in [6, 6.07) is 0. The van der Waals surface area contributed by atoms with Gasteiger partial charge in [-0.3, -0.25) is 0 Å². The van der Waals surface area contributed by atoms with E-state index >= 15 is 0 Å². The van der Waals surface area contributed by atoms with Gasteiger partial charge in [-0.15, -0.1) is 5.28 Å². The number of hydrogen-bond acceptors (Lipinski definition) is 3. The van der Waals surface area contributed by atoms with Crippen molar-refractivity contribution in [3.05, 3.63) is 0 Å². The Bertz CT molecular complexity index is 65.3. The van der Waals surface area contributed by atoms with Crippen LogP contribution in [0.25, 0.3) is 0 Å². The smallest absolute Gasteiger partial charge is 1.00 e. The van der Waals surface area contributed by atoms with Crippen LogP contribution in [0.2, 0.25) is 5.28 Å². The largest absolute Gasteiger partial charge is 3.00 e. The van der Waals surface area contributed by atoms with Gasteiger partial charge < -0.3 is 39.8 Å². The van der Waals surface area contributed by atoms with E-state index in [9.17, 15) is 0 Å². The van der Waals surface area contributed by atoms with Crippen LogP contribution < -0.4 is 29.9 Å². The monoisotopic (exact) mass is 230 g/mol. The first-order chi connectivity index (χ1) is 3.68. The van der Waals surface area contributed by atoms with Crippen LogP contribution in [0.4, 0.5) is 0 Å². The minimum absolute atomic E-state index is 0. The van der Waals surface area contributed by atoms with E-state index in [1.165, 1.54) is 21.6 Å². The molecule has 0 amide bonds. The van der Waals surface area contributed by atoms with E-state index in [0.717, 1.165) is 0 Å². The van der Waals surface area contributed by atoms with E-state index in [1.54, 1.807) is 0 Å². The fourth-order valence-electron chi connectivity index (χ4n) is 0. The molecule has 0 rings (SSSR count). The van der Waals surface area contributed by atoms with Crippen molar-refractivity contribution in [2.24, 2.45) is 0 Å². The van der Waals surface area contributed by atoms with E-state index in [1.807, 2.05) is 0 Å². The Morgan fingerprint density at radius 1 is 1.55 bits per heavy atom. The van der Waals surface area contributed by atoms with Gasteiger partial charge in [0, 0.05) is 0 Å². The third-order valence-electron chi connectivity index (χ3n) is 0.129. The number of carbonyl (C=O) groups excluding carboxylic acids is 1. The third-order valence-corrected chi connectivity index (χ3v) is 0.129. The number of carbonyl (C=O) groups is 1. The van der Waals surface area contributed by atoms with Gasteiger partial charge in [0.05, 0.1) is 12.6 Å². The molecule has 0 unspecified atom stereocenters. The summed E-state index contributed by atoms with van der Waals surface area (Å²) in [5.41, 5.74) is 0. The molecular formula is C4H10Al2Cl2O3. The van der Waals surface area contributed by atoms with Crippen molar-refractivity contribution in [2.45, 2.75) is 12.2 Å². The Kier molecular flexibility index (Phi) is 81.9. The quantitative estimate of drug-likeness (QED) is 0.456. The normalized spacial score (nSPS) is 4.91. The maximum Gasteiger partial charge on any atom is 3.00 e. The van der Waals surface area contributed by atoms with Crippen LogP contribution >= 0.6 is 0 Å². The van der Waals surface area contributed by atoms with Crippen LogP contribution in [-0.2, 0) is 4.79 Å². The fourth-order valence-corrected chi connectivity index (χ4v) is 0. The minimum Gasteiger partial charge on any atom is -1.00 e. The molecule has 0 heterocycles. The summed E-state index contributed by atoms with van der Waals surface area (Å²) in [4.78, 5) is 9.01. The summed E-state index contributed by atoms with van der Waals surface area (Å²) >= 11 is 1.37. The van der Waals surface area contributed by atoms with Crippen LogP contribution in [0.5, 0.6) is 0 Å². The molecule has 1 N–H and O–H groups in total. The topological polar surface area (TPSA) is 60.4 Å². The van der Waals surface area contributed by atoms with Crippen LogP contribution in [0.3, 0.4) is 0 Å². The summed E-state index contributed by atoms with van der Waals surface area (Å²) < 4.78 is 0. The number of halogens is 2. The Morgan fingerprint density at radius 2 is 1.64 bits per heavy atom. The number of carboxylic acids is 1. The van der Waals surface area contributed by atoms with Gasteiger partial charge in [-0.2, -0.15) is 0 Å². The Morgan fingerprint density at radius 3 is 1.64 bits per heavy atom. The number of aliphatic carboxylic acids is 1. The molecule has 0 saturated carbocycles. The molecule has 3 nitrogen and oxygen atoms in total. The molecule has 7 heteroatoms. The first kappa shape index (κ1) is 29.6. The second-order valence-corrected chi connectivity index (χ2v) is 2.65. The van der Waals surface area contributed by atoms with Crippen LogP contribution in [0.15, 0.2) is 0 Å². The maximum atomic E-state index is 9.01. The summed E-state index contributed by atoms with van der Waals surface area (Å²) in [7, 11) is 0. The van der Waals surface area contributed by atoms with Crippen molar-refractivity contribution in [3.8, 4) is 0 Å². The van der Waals surface area contributed by atoms with Gasteiger partial charge >= 0.3 is 17.4 Å². The first-order valence-corrected chi connectivity index (χ1v) is 3.91. The standard InChI is InChI=1S/C2H4O3.C2H5.2Al.2ClH.2H/c3-1-2(4)5;1-2;;;;;;/h3H,1H2,(H,4,5);1H2,2H3;;;2*1H;;/q;;;+3;;;;/p-3. The number of aliphatic hydroxyl groups is 1. The summed E-state index contributed by atoms with van der Waals surface area (Å²) in [6.07, 6.45) is 0. The summed E-state index contributed by atoms with van der Waals surface area (Å²) in [5.74, 6) is -1.44. The molecule has 0 aliphatic carbocycles. The Hall–Kier alpha value is 1.07. The van der Waals surface area contributed by atoms with Gasteiger partial charge in [-0.05, 0) is 0 Å². The van der Waals surface area contributed by atoms with Crippen molar-refractivity contribution in [1.82, 2.24) is 0 Å². The van der Waals surface area contributed by atoms with E-state index in [0.29, 0.717) is 0 Å². The molecule has 0 aliphatic rings. The Labute approximate surface area is 97.9 Å². The molecule has 0 aromatic rings. The molecule has 0 saturated heterocycles. The second-order valence-electron chi connectivity index (χ2n) is 1.24. The van der Waals surface area contributed by atoms with Gasteiger partial charge in [-0.25, -0.2) is 0 Å². The molecular weight excluding hydrogens is 221 g/mol. The average Bonchev–Trinajstić information content (AvgIpc) is 1.69. The molecule has 0 bridgehead atoms. The van der Waals surface area contributed by atoms with Gasteiger partial charge in [-0.1, -0.05) is 6.92 Å². The van der Waals surface area contributed by atoms with Crippen LogP contribution in [-0.4, -0.2) is 51.3 Å². The van der Waals surface area contributed by atoms with Gasteiger partial charge in [0.1, 0.15) is 0 Å². The molecule has 0 atom stereocenters. The van der Waals surface area contributed by atoms with Crippen LogP contribution in [0, 0.1) is 0 Å². The third kappa shape index (κ3) is 96.5. The summed E-state index contributed by atoms with van der Waals surface area (Å²) in [5, 5.41) is 17.9. The maximum absolute atomic E-state index is 9.01. The zero-order valence-electron chi connectivity index (χ0n) is 6.51. The van der Waals surface area contributed by atoms with Crippen molar-refractivity contribution in [3.63, 3.8) is 0 Å². The molecule has 64 valence electrons. The van der Waals surface area contributed by atoms with E-state index in [4.69, 9.17) is 15.0 Å². The van der Waals surface area contributed by atoms with E-state index in [-0.39, 0.29) is 42.2 Å². The molecule has 0 spiro atoms. The first-order valence-electron chi connectivity index (χ1n) is 2.49. The fraction of sp³-hybridized carbons (Fsp3) is 0.750.